The van der Waals surface area contributed by atoms with Gasteiger partial charge in [0.2, 0.25) is 0 Å². The predicted molar refractivity (Wildman–Crippen MR) is 101 cm³/mol. The molecular weight excluding hydrogens is 350 g/mol. The van der Waals surface area contributed by atoms with E-state index < -0.39 is 5.54 Å². The Balaban J connectivity index is 2.10. The van der Waals surface area contributed by atoms with E-state index in [9.17, 15) is 4.79 Å². The number of Topliss-reactive ketones (excluding diaryl/α,β-unsaturated/α-hetero) is 1. The van der Waals surface area contributed by atoms with Gasteiger partial charge in [-0.15, -0.1) is 11.8 Å². The van der Waals surface area contributed by atoms with Gasteiger partial charge in [-0.25, -0.2) is 0 Å². The summed E-state index contributed by atoms with van der Waals surface area (Å²) in [7, 11) is 0. The number of halogens is 1. The fraction of sp³-hybridized carbons (Fsp3) is 0.588. The lowest BCUT2D eigenvalue weighted by atomic mass is 9.91. The second kappa shape index (κ2) is 8.77. The van der Waals surface area contributed by atoms with Crippen molar-refractivity contribution in [3.63, 3.8) is 0 Å². The Bertz CT molecular complexity index is 545. The lowest BCUT2D eigenvalue weighted by molar-refractivity contribution is -0.00430. The molecule has 0 amide bonds. The molecule has 0 aromatic heterocycles. The van der Waals surface area contributed by atoms with Crippen molar-refractivity contribution >= 4 is 41.8 Å². The first-order chi connectivity index (χ1) is 11.0. The predicted octanol–water partition coefficient (Wildman–Crippen LogP) is 4.05. The van der Waals surface area contributed by atoms with Gasteiger partial charge in [0.1, 0.15) is 0 Å². The minimum absolute atomic E-state index is 0.105. The molecule has 0 bridgehead atoms. The molecule has 6 heteroatoms. The SMILES string of the molecule is CC(C)(C(=O)c1ccc(SCCCS)c(Cl)c1)N1CCOCC1. The fourth-order valence-corrected chi connectivity index (χ4v) is 4.21. The number of carbonyl (C=O) groups is 1. The molecule has 0 spiro atoms. The van der Waals surface area contributed by atoms with E-state index >= 15 is 0 Å². The van der Waals surface area contributed by atoms with Crippen LogP contribution in [0.2, 0.25) is 5.02 Å². The zero-order valence-electron chi connectivity index (χ0n) is 13.7. The zero-order valence-corrected chi connectivity index (χ0v) is 16.1. The maximum absolute atomic E-state index is 12.9. The number of benzene rings is 1. The van der Waals surface area contributed by atoms with Crippen LogP contribution in [0.5, 0.6) is 0 Å². The molecule has 0 atom stereocenters. The zero-order chi connectivity index (χ0) is 16.9. The van der Waals surface area contributed by atoms with Crippen molar-refractivity contribution in [1.82, 2.24) is 4.90 Å². The minimum atomic E-state index is -0.548. The first kappa shape index (κ1) is 19.1. The molecule has 2 rings (SSSR count). The van der Waals surface area contributed by atoms with Crippen LogP contribution in [-0.4, -0.2) is 54.0 Å². The Labute approximate surface area is 153 Å². The Hall–Kier alpha value is -0.200. The van der Waals surface area contributed by atoms with E-state index in [1.165, 1.54) is 0 Å². The van der Waals surface area contributed by atoms with Crippen LogP contribution in [-0.2, 0) is 4.74 Å². The molecule has 1 fully saturated rings. The standard InChI is InChI=1S/C17H24ClNO2S2/c1-17(2,19-6-8-21-9-7-19)16(20)13-4-5-15(14(18)12-13)23-11-3-10-22/h4-5,12,22H,3,6-11H2,1-2H3. The number of thiol groups is 1. The molecule has 3 nitrogen and oxygen atoms in total. The lowest BCUT2D eigenvalue weighted by Gasteiger charge is -2.39. The molecule has 0 N–H and O–H groups in total. The highest BCUT2D eigenvalue weighted by Gasteiger charge is 2.36. The molecule has 1 aromatic rings. The van der Waals surface area contributed by atoms with Crippen molar-refractivity contribution in [2.24, 2.45) is 0 Å². The summed E-state index contributed by atoms with van der Waals surface area (Å²) >= 11 is 12.3. The highest BCUT2D eigenvalue weighted by Crippen LogP contribution is 2.30. The first-order valence-electron chi connectivity index (χ1n) is 7.87. The van der Waals surface area contributed by atoms with Gasteiger partial charge in [0.15, 0.2) is 5.78 Å². The van der Waals surface area contributed by atoms with Crippen molar-refractivity contribution in [3.8, 4) is 0 Å². The van der Waals surface area contributed by atoms with Gasteiger partial charge in [0.25, 0.3) is 0 Å². The molecular formula is C17H24ClNO2S2. The van der Waals surface area contributed by atoms with E-state index in [-0.39, 0.29) is 5.78 Å². The molecule has 1 saturated heterocycles. The van der Waals surface area contributed by atoms with Crippen LogP contribution < -0.4 is 0 Å². The minimum Gasteiger partial charge on any atom is -0.379 e. The highest BCUT2D eigenvalue weighted by molar-refractivity contribution is 7.99. The van der Waals surface area contributed by atoms with E-state index in [0.29, 0.717) is 23.8 Å². The number of nitrogens with zero attached hydrogens (tertiary/aromatic N) is 1. The second-order valence-corrected chi connectivity index (χ2v) is 8.05. The van der Waals surface area contributed by atoms with Crippen LogP contribution in [0.15, 0.2) is 23.1 Å². The molecule has 1 heterocycles. The van der Waals surface area contributed by atoms with Crippen LogP contribution in [0.4, 0.5) is 0 Å². The molecule has 128 valence electrons. The van der Waals surface area contributed by atoms with Gasteiger partial charge in [-0.05, 0) is 43.9 Å². The average Bonchev–Trinajstić information content (AvgIpc) is 2.56. The average molecular weight is 374 g/mol. The topological polar surface area (TPSA) is 29.5 Å². The van der Waals surface area contributed by atoms with Crippen LogP contribution >= 0.6 is 36.0 Å². The lowest BCUT2D eigenvalue weighted by Crippen LogP contribution is -2.54. The van der Waals surface area contributed by atoms with Crippen molar-refractivity contribution in [2.75, 3.05) is 37.8 Å². The van der Waals surface area contributed by atoms with E-state index in [1.54, 1.807) is 17.8 Å². The van der Waals surface area contributed by atoms with Crippen molar-refractivity contribution in [1.29, 1.82) is 0 Å². The number of ketones is 1. The molecule has 0 aliphatic carbocycles. The molecule has 1 aliphatic rings. The van der Waals surface area contributed by atoms with E-state index in [2.05, 4.69) is 17.5 Å². The van der Waals surface area contributed by atoms with Crippen LogP contribution in [0.1, 0.15) is 30.6 Å². The molecule has 1 aromatic carbocycles. The van der Waals surface area contributed by atoms with Crippen LogP contribution in [0.25, 0.3) is 0 Å². The van der Waals surface area contributed by atoms with Gasteiger partial charge in [0.05, 0.1) is 23.8 Å². The normalized spacial score (nSPS) is 16.5. The van der Waals surface area contributed by atoms with Crippen LogP contribution in [0, 0.1) is 0 Å². The number of morpholine rings is 1. The summed E-state index contributed by atoms with van der Waals surface area (Å²) in [5.74, 6) is 1.96. The van der Waals surface area contributed by atoms with Gasteiger partial charge in [0, 0.05) is 23.5 Å². The number of hydrogen-bond donors (Lipinski definition) is 1. The molecule has 23 heavy (non-hydrogen) atoms. The maximum Gasteiger partial charge on any atom is 0.182 e. The monoisotopic (exact) mass is 373 g/mol. The summed E-state index contributed by atoms with van der Waals surface area (Å²) in [5, 5.41) is 0.651. The Morgan fingerprint density at radius 2 is 2.09 bits per heavy atom. The molecule has 1 aliphatic heterocycles. The van der Waals surface area contributed by atoms with E-state index in [0.717, 1.165) is 35.9 Å². The smallest absolute Gasteiger partial charge is 0.182 e. The van der Waals surface area contributed by atoms with Crippen molar-refractivity contribution < 1.29 is 9.53 Å². The first-order valence-corrected chi connectivity index (χ1v) is 9.87. The number of carbonyl (C=O) groups excluding carboxylic acids is 1. The summed E-state index contributed by atoms with van der Waals surface area (Å²) in [6.45, 7) is 6.87. The Morgan fingerprint density at radius 3 is 2.70 bits per heavy atom. The quantitative estimate of drug-likeness (QED) is 0.338. The summed E-state index contributed by atoms with van der Waals surface area (Å²) in [5.41, 5.74) is 0.124. The number of thioether (sulfide) groups is 1. The van der Waals surface area contributed by atoms with Gasteiger partial charge in [-0.1, -0.05) is 17.7 Å². The third-order valence-electron chi connectivity index (χ3n) is 4.11. The van der Waals surface area contributed by atoms with Gasteiger partial charge >= 0.3 is 0 Å². The number of hydrogen-bond acceptors (Lipinski definition) is 5. The Morgan fingerprint density at radius 1 is 1.39 bits per heavy atom. The molecule has 0 saturated carbocycles. The molecule has 0 unspecified atom stereocenters. The second-order valence-electron chi connectivity index (χ2n) is 6.06. The highest BCUT2D eigenvalue weighted by atomic mass is 35.5. The Kier molecular flexibility index (Phi) is 7.29. The maximum atomic E-state index is 12.9. The largest absolute Gasteiger partial charge is 0.379 e. The van der Waals surface area contributed by atoms with Gasteiger partial charge < -0.3 is 4.74 Å². The van der Waals surface area contributed by atoms with Crippen molar-refractivity contribution in [3.05, 3.63) is 28.8 Å². The van der Waals surface area contributed by atoms with E-state index in [1.807, 2.05) is 26.0 Å². The number of rotatable bonds is 7. The fourth-order valence-electron chi connectivity index (χ4n) is 2.63. The third kappa shape index (κ3) is 4.89. The summed E-state index contributed by atoms with van der Waals surface area (Å²) in [6, 6.07) is 5.64. The van der Waals surface area contributed by atoms with Gasteiger partial charge in [-0.3, -0.25) is 9.69 Å². The van der Waals surface area contributed by atoms with Crippen LogP contribution in [0.3, 0.4) is 0 Å². The summed E-state index contributed by atoms with van der Waals surface area (Å²) in [4.78, 5) is 16.1. The number of ether oxygens (including phenoxy) is 1. The summed E-state index contributed by atoms with van der Waals surface area (Å²) < 4.78 is 5.38. The molecule has 0 radical (unpaired) electrons. The van der Waals surface area contributed by atoms with E-state index in [4.69, 9.17) is 16.3 Å². The summed E-state index contributed by atoms with van der Waals surface area (Å²) in [6.07, 6.45) is 1.04. The third-order valence-corrected chi connectivity index (χ3v) is 6.01. The van der Waals surface area contributed by atoms with Gasteiger partial charge in [-0.2, -0.15) is 12.6 Å². The van der Waals surface area contributed by atoms with Crippen molar-refractivity contribution in [2.45, 2.75) is 30.7 Å².